The number of rotatable bonds is 2. The molecule has 0 saturated carbocycles. The van der Waals surface area contributed by atoms with Crippen LogP contribution >= 0.6 is 0 Å². The van der Waals surface area contributed by atoms with E-state index in [0.29, 0.717) is 0 Å². The molecule has 0 saturated heterocycles. The molecule has 0 unspecified atom stereocenters. The number of hydrogen-bond donors (Lipinski definition) is 1. The maximum atomic E-state index is 5.56. The molecule has 0 radical (unpaired) electrons. The molecule has 0 bridgehead atoms. The summed E-state index contributed by atoms with van der Waals surface area (Å²) in [6.07, 6.45) is 2.68. The van der Waals surface area contributed by atoms with Gasteiger partial charge < -0.3 is 5.73 Å². The third kappa shape index (κ3) is 1.80. The van der Waals surface area contributed by atoms with Crippen molar-refractivity contribution in [3.63, 3.8) is 0 Å². The van der Waals surface area contributed by atoms with E-state index in [1.54, 1.807) is 4.68 Å². The largest absolute Gasteiger partial charge is 0.328 e. The third-order valence-electron chi connectivity index (χ3n) is 1.18. The van der Waals surface area contributed by atoms with Crippen molar-refractivity contribution in [3.05, 3.63) is 11.9 Å². The van der Waals surface area contributed by atoms with E-state index in [2.05, 4.69) is 10.3 Å². The number of aryl methyl sites for hydroxylation is 1. The second-order valence-corrected chi connectivity index (χ2v) is 2.56. The summed E-state index contributed by atoms with van der Waals surface area (Å²) in [7, 11) is 1.84. The summed E-state index contributed by atoms with van der Waals surface area (Å²) in [5, 5.41) is 7.67. The summed E-state index contributed by atoms with van der Waals surface area (Å²) in [6, 6.07) is 0.164. The maximum absolute atomic E-state index is 5.56. The Morgan fingerprint density at radius 1 is 1.80 bits per heavy atom. The molecule has 10 heavy (non-hydrogen) atoms. The summed E-state index contributed by atoms with van der Waals surface area (Å²) >= 11 is 0. The standard InChI is InChI=1S/C6H12N4/c1-5(7)3-6-4-10(2)9-8-6/h4-5H,3,7H2,1-2H3/t5-/m0/s1. The van der Waals surface area contributed by atoms with Gasteiger partial charge in [-0.15, -0.1) is 5.10 Å². The van der Waals surface area contributed by atoms with Crippen LogP contribution in [-0.2, 0) is 13.5 Å². The molecule has 0 aromatic carbocycles. The SMILES string of the molecule is C[C@H](N)Cc1cn(C)nn1. The van der Waals surface area contributed by atoms with Crippen LogP contribution in [0.1, 0.15) is 12.6 Å². The van der Waals surface area contributed by atoms with Crippen LogP contribution in [0, 0.1) is 0 Å². The summed E-state index contributed by atoms with van der Waals surface area (Å²) in [6.45, 7) is 1.95. The van der Waals surface area contributed by atoms with E-state index in [-0.39, 0.29) is 6.04 Å². The Morgan fingerprint density at radius 3 is 2.90 bits per heavy atom. The molecule has 0 aliphatic heterocycles. The quantitative estimate of drug-likeness (QED) is 0.614. The summed E-state index contributed by atoms with van der Waals surface area (Å²) in [4.78, 5) is 0. The molecule has 1 atom stereocenters. The lowest BCUT2D eigenvalue weighted by Crippen LogP contribution is -2.17. The maximum Gasteiger partial charge on any atom is 0.0842 e. The van der Waals surface area contributed by atoms with Crippen LogP contribution in [0.5, 0.6) is 0 Å². The van der Waals surface area contributed by atoms with E-state index in [9.17, 15) is 0 Å². The number of aromatic nitrogens is 3. The molecular weight excluding hydrogens is 128 g/mol. The first-order valence-electron chi connectivity index (χ1n) is 3.29. The Labute approximate surface area is 60.0 Å². The van der Waals surface area contributed by atoms with Crippen LogP contribution in [0.3, 0.4) is 0 Å². The molecule has 0 amide bonds. The van der Waals surface area contributed by atoms with Gasteiger partial charge >= 0.3 is 0 Å². The summed E-state index contributed by atoms with van der Waals surface area (Å²) in [5.74, 6) is 0. The van der Waals surface area contributed by atoms with E-state index < -0.39 is 0 Å². The Balaban J connectivity index is 2.58. The summed E-state index contributed by atoms with van der Waals surface area (Å²) < 4.78 is 1.68. The fourth-order valence-corrected chi connectivity index (χ4v) is 0.819. The minimum absolute atomic E-state index is 0.164. The number of nitrogens with zero attached hydrogens (tertiary/aromatic N) is 3. The van der Waals surface area contributed by atoms with E-state index in [4.69, 9.17) is 5.73 Å². The molecule has 4 heteroatoms. The lowest BCUT2D eigenvalue weighted by atomic mass is 10.2. The first-order chi connectivity index (χ1) is 4.68. The molecular formula is C6H12N4. The predicted molar refractivity (Wildman–Crippen MR) is 38.4 cm³/mol. The van der Waals surface area contributed by atoms with Crippen LogP contribution in [0.25, 0.3) is 0 Å². The first-order valence-corrected chi connectivity index (χ1v) is 3.29. The van der Waals surface area contributed by atoms with Crippen LogP contribution in [0.15, 0.2) is 6.20 Å². The molecule has 1 rings (SSSR count). The Hall–Kier alpha value is -0.900. The van der Waals surface area contributed by atoms with Gasteiger partial charge in [-0.25, -0.2) is 0 Å². The van der Waals surface area contributed by atoms with Crippen molar-refractivity contribution in [2.75, 3.05) is 0 Å². The smallest absolute Gasteiger partial charge is 0.0842 e. The molecule has 0 aliphatic carbocycles. The van der Waals surface area contributed by atoms with Gasteiger partial charge in [0, 0.05) is 25.7 Å². The van der Waals surface area contributed by atoms with Crippen molar-refractivity contribution in [3.8, 4) is 0 Å². The average molecular weight is 140 g/mol. The normalized spacial score (nSPS) is 13.5. The lowest BCUT2D eigenvalue weighted by Gasteiger charge is -1.97. The molecule has 1 heterocycles. The predicted octanol–water partition coefficient (Wildman–Crippen LogP) is -0.295. The van der Waals surface area contributed by atoms with Crippen molar-refractivity contribution >= 4 is 0 Å². The van der Waals surface area contributed by atoms with Crippen molar-refractivity contribution in [1.29, 1.82) is 0 Å². The van der Waals surface area contributed by atoms with Gasteiger partial charge in [-0.05, 0) is 6.92 Å². The van der Waals surface area contributed by atoms with Crippen LogP contribution < -0.4 is 5.73 Å². The van der Waals surface area contributed by atoms with Gasteiger partial charge in [-0.2, -0.15) is 0 Å². The van der Waals surface area contributed by atoms with Crippen molar-refractivity contribution in [1.82, 2.24) is 15.0 Å². The lowest BCUT2D eigenvalue weighted by molar-refractivity contribution is 0.701. The van der Waals surface area contributed by atoms with Crippen LogP contribution in [-0.4, -0.2) is 21.0 Å². The second kappa shape index (κ2) is 2.79. The van der Waals surface area contributed by atoms with E-state index in [0.717, 1.165) is 12.1 Å². The zero-order valence-corrected chi connectivity index (χ0v) is 6.28. The fraction of sp³-hybridized carbons (Fsp3) is 0.667. The molecule has 0 spiro atoms. The Kier molecular flexibility index (Phi) is 2.01. The highest BCUT2D eigenvalue weighted by molar-refractivity contribution is 4.93. The van der Waals surface area contributed by atoms with E-state index in [1.165, 1.54) is 0 Å². The zero-order valence-electron chi connectivity index (χ0n) is 6.28. The fourth-order valence-electron chi connectivity index (χ4n) is 0.819. The van der Waals surface area contributed by atoms with Crippen molar-refractivity contribution in [2.45, 2.75) is 19.4 Å². The molecule has 2 N–H and O–H groups in total. The van der Waals surface area contributed by atoms with Gasteiger partial charge in [0.15, 0.2) is 0 Å². The van der Waals surface area contributed by atoms with E-state index >= 15 is 0 Å². The highest BCUT2D eigenvalue weighted by Gasteiger charge is 2.00. The van der Waals surface area contributed by atoms with Gasteiger partial charge in [-0.3, -0.25) is 4.68 Å². The van der Waals surface area contributed by atoms with E-state index in [1.807, 2.05) is 20.2 Å². The summed E-state index contributed by atoms with van der Waals surface area (Å²) in [5.41, 5.74) is 6.51. The van der Waals surface area contributed by atoms with Gasteiger partial charge in [-0.1, -0.05) is 5.21 Å². The number of nitrogens with two attached hydrogens (primary N) is 1. The molecule has 1 aromatic rings. The molecule has 0 aliphatic rings. The zero-order chi connectivity index (χ0) is 7.56. The minimum Gasteiger partial charge on any atom is -0.328 e. The minimum atomic E-state index is 0.164. The van der Waals surface area contributed by atoms with Gasteiger partial charge in [0.2, 0.25) is 0 Å². The van der Waals surface area contributed by atoms with Crippen LogP contribution in [0.4, 0.5) is 0 Å². The average Bonchev–Trinajstić information content (AvgIpc) is 2.13. The van der Waals surface area contributed by atoms with Crippen molar-refractivity contribution in [2.24, 2.45) is 12.8 Å². The first kappa shape index (κ1) is 7.21. The number of hydrogen-bond acceptors (Lipinski definition) is 3. The topological polar surface area (TPSA) is 56.7 Å². The third-order valence-corrected chi connectivity index (χ3v) is 1.18. The Morgan fingerprint density at radius 2 is 2.50 bits per heavy atom. The molecule has 4 nitrogen and oxygen atoms in total. The molecule has 1 aromatic heterocycles. The monoisotopic (exact) mass is 140 g/mol. The van der Waals surface area contributed by atoms with Crippen LogP contribution in [0.2, 0.25) is 0 Å². The van der Waals surface area contributed by atoms with Gasteiger partial charge in [0.1, 0.15) is 0 Å². The second-order valence-electron chi connectivity index (χ2n) is 2.56. The van der Waals surface area contributed by atoms with Gasteiger partial charge in [0.05, 0.1) is 5.69 Å². The molecule has 0 fully saturated rings. The van der Waals surface area contributed by atoms with Gasteiger partial charge in [0.25, 0.3) is 0 Å². The highest BCUT2D eigenvalue weighted by Crippen LogP contribution is 1.94. The Bertz CT molecular complexity index is 203. The molecule has 56 valence electrons. The highest BCUT2D eigenvalue weighted by atomic mass is 15.4. The van der Waals surface area contributed by atoms with Crippen molar-refractivity contribution < 1.29 is 0 Å².